The lowest BCUT2D eigenvalue weighted by Crippen LogP contribution is -2.38. The highest BCUT2D eigenvalue weighted by atomic mass is 32.2. The van der Waals surface area contributed by atoms with Crippen LogP contribution in [0.15, 0.2) is 41.6 Å². The second kappa shape index (κ2) is 4.87. The van der Waals surface area contributed by atoms with E-state index >= 15 is 0 Å². The molecule has 1 aliphatic heterocycles. The Morgan fingerprint density at radius 1 is 1.48 bits per heavy atom. The minimum atomic E-state index is -1.09. The van der Waals surface area contributed by atoms with Crippen molar-refractivity contribution >= 4 is 21.8 Å². The molecule has 110 valence electrons. The van der Waals surface area contributed by atoms with Gasteiger partial charge in [0.15, 0.2) is 0 Å². The number of nitrogens with one attached hydrogen (secondary N) is 1. The van der Waals surface area contributed by atoms with Gasteiger partial charge in [0.05, 0.1) is 4.90 Å². The molecule has 0 bridgehead atoms. The summed E-state index contributed by atoms with van der Waals surface area (Å²) < 4.78 is 15.1. The molecule has 21 heavy (non-hydrogen) atoms. The molecule has 1 saturated carbocycles. The van der Waals surface area contributed by atoms with Crippen LogP contribution in [-0.2, 0) is 11.0 Å². The van der Waals surface area contributed by atoms with Gasteiger partial charge in [-0.25, -0.2) is 8.51 Å². The third-order valence-electron chi connectivity index (χ3n) is 4.71. The van der Waals surface area contributed by atoms with E-state index in [1.165, 1.54) is 6.42 Å². The molecule has 0 spiro atoms. The molecule has 3 unspecified atom stereocenters. The zero-order chi connectivity index (χ0) is 14.4. The van der Waals surface area contributed by atoms with Gasteiger partial charge in [-0.2, -0.15) is 0 Å². The largest absolute Gasteiger partial charge is 0.310 e. The maximum atomic E-state index is 13.0. The molecule has 1 aromatic heterocycles. The van der Waals surface area contributed by atoms with E-state index in [4.69, 9.17) is 0 Å². The first kappa shape index (κ1) is 13.4. The molecule has 1 aliphatic carbocycles. The van der Waals surface area contributed by atoms with E-state index in [2.05, 4.69) is 21.5 Å². The van der Waals surface area contributed by atoms with E-state index in [9.17, 15) is 4.21 Å². The molecule has 4 rings (SSSR count). The summed E-state index contributed by atoms with van der Waals surface area (Å²) in [6.45, 7) is 4.94. The fourth-order valence-electron chi connectivity index (χ4n) is 3.57. The highest BCUT2D eigenvalue weighted by molar-refractivity contribution is 7.83. The average molecular weight is 301 g/mol. The number of benzene rings is 1. The lowest BCUT2D eigenvalue weighted by atomic mass is 10.2. The summed E-state index contributed by atoms with van der Waals surface area (Å²) in [4.78, 5) is 5.05. The van der Waals surface area contributed by atoms with Crippen molar-refractivity contribution < 1.29 is 4.21 Å². The fourth-order valence-corrected chi connectivity index (χ4v) is 5.08. The standard InChI is InChI=1S/C16H19N3OS/c1-2-18-16-8-13(16)10-19(11-16)21(20)15-5-3-4-12-9-17-7-6-14(12)15/h3-7,9,13,18H,2,8,10-11H2,1H3. The van der Waals surface area contributed by atoms with E-state index in [-0.39, 0.29) is 5.54 Å². The molecular weight excluding hydrogens is 282 g/mol. The summed E-state index contributed by atoms with van der Waals surface area (Å²) in [5.41, 5.74) is 0.233. The SMILES string of the molecule is CCNC12CC1CN(S(=O)c1cccc3cnccc13)C2. The van der Waals surface area contributed by atoms with Gasteiger partial charge in [-0.1, -0.05) is 19.1 Å². The van der Waals surface area contributed by atoms with Gasteiger partial charge >= 0.3 is 0 Å². The number of likely N-dealkylation sites (N-methyl/N-ethyl adjacent to an activating group) is 1. The van der Waals surface area contributed by atoms with Crippen molar-refractivity contribution in [3.8, 4) is 0 Å². The normalized spacial score (nSPS) is 29.5. The first-order valence-corrected chi connectivity index (χ1v) is 8.59. The minimum absolute atomic E-state index is 0.233. The number of pyridine rings is 1. The second-order valence-electron chi connectivity index (χ2n) is 6.01. The molecule has 2 heterocycles. The van der Waals surface area contributed by atoms with Crippen LogP contribution in [0.25, 0.3) is 10.8 Å². The quantitative estimate of drug-likeness (QED) is 0.939. The molecule has 5 heteroatoms. The van der Waals surface area contributed by atoms with Crippen LogP contribution >= 0.6 is 0 Å². The van der Waals surface area contributed by atoms with Crippen LogP contribution < -0.4 is 5.32 Å². The Bertz CT molecular complexity index is 714. The Labute approximate surface area is 127 Å². The number of nitrogens with zero attached hydrogens (tertiary/aromatic N) is 2. The summed E-state index contributed by atoms with van der Waals surface area (Å²) in [7, 11) is -1.09. The Hall–Kier alpha value is -1.30. The number of fused-ring (bicyclic) bond motifs is 2. The third-order valence-corrected chi connectivity index (χ3v) is 6.19. The van der Waals surface area contributed by atoms with E-state index in [1.54, 1.807) is 6.20 Å². The topological polar surface area (TPSA) is 45.2 Å². The van der Waals surface area contributed by atoms with Crippen LogP contribution in [-0.4, -0.2) is 38.7 Å². The van der Waals surface area contributed by atoms with Crippen LogP contribution in [0.4, 0.5) is 0 Å². The summed E-state index contributed by atoms with van der Waals surface area (Å²) >= 11 is 0. The van der Waals surface area contributed by atoms with Crippen LogP contribution in [0.5, 0.6) is 0 Å². The molecule has 0 radical (unpaired) electrons. The number of hydrogen-bond donors (Lipinski definition) is 1. The van der Waals surface area contributed by atoms with Gasteiger partial charge in [0, 0.05) is 41.8 Å². The van der Waals surface area contributed by atoms with Gasteiger partial charge in [0.2, 0.25) is 0 Å². The van der Waals surface area contributed by atoms with Crippen molar-refractivity contribution in [2.45, 2.75) is 23.8 Å². The molecule has 4 nitrogen and oxygen atoms in total. The van der Waals surface area contributed by atoms with Crippen molar-refractivity contribution in [3.05, 3.63) is 36.7 Å². The highest BCUT2D eigenvalue weighted by Crippen LogP contribution is 2.50. The molecule has 1 N–H and O–H groups in total. The molecule has 3 atom stereocenters. The Morgan fingerprint density at radius 3 is 3.24 bits per heavy atom. The lowest BCUT2D eigenvalue weighted by Gasteiger charge is -2.20. The summed E-state index contributed by atoms with van der Waals surface area (Å²) in [6, 6.07) is 7.92. The van der Waals surface area contributed by atoms with Gasteiger partial charge in [0.25, 0.3) is 0 Å². The maximum Gasteiger partial charge on any atom is 0.128 e. The number of aromatic nitrogens is 1. The summed E-state index contributed by atoms with van der Waals surface area (Å²) in [6.07, 6.45) is 4.83. The first-order chi connectivity index (χ1) is 10.2. The zero-order valence-electron chi connectivity index (χ0n) is 12.1. The van der Waals surface area contributed by atoms with Crippen molar-refractivity contribution in [1.82, 2.24) is 14.6 Å². The minimum Gasteiger partial charge on any atom is -0.310 e. The van der Waals surface area contributed by atoms with Gasteiger partial charge in [0.1, 0.15) is 11.0 Å². The number of hydrogen-bond acceptors (Lipinski definition) is 3. The van der Waals surface area contributed by atoms with Crippen LogP contribution in [0, 0.1) is 5.92 Å². The van der Waals surface area contributed by atoms with Crippen molar-refractivity contribution in [3.63, 3.8) is 0 Å². The van der Waals surface area contributed by atoms with Gasteiger partial charge < -0.3 is 5.32 Å². The van der Waals surface area contributed by atoms with Crippen LogP contribution in [0.3, 0.4) is 0 Å². The molecule has 2 aromatic rings. The Kier molecular flexibility index (Phi) is 3.10. The lowest BCUT2D eigenvalue weighted by molar-refractivity contribution is 0.434. The molecule has 1 saturated heterocycles. The van der Waals surface area contributed by atoms with Crippen LogP contribution in [0.2, 0.25) is 0 Å². The van der Waals surface area contributed by atoms with E-state index < -0.39 is 11.0 Å². The van der Waals surface area contributed by atoms with Gasteiger partial charge in [-0.05, 0) is 31.0 Å². The second-order valence-corrected chi connectivity index (χ2v) is 7.47. The number of piperidine rings is 1. The zero-order valence-corrected chi connectivity index (χ0v) is 12.9. The highest BCUT2D eigenvalue weighted by Gasteiger charge is 2.60. The van der Waals surface area contributed by atoms with Gasteiger partial charge in [-0.15, -0.1) is 0 Å². The Morgan fingerprint density at radius 2 is 2.38 bits per heavy atom. The predicted molar refractivity (Wildman–Crippen MR) is 84.2 cm³/mol. The summed E-state index contributed by atoms with van der Waals surface area (Å²) in [5, 5.41) is 5.68. The number of rotatable bonds is 4. The third kappa shape index (κ3) is 2.11. The van der Waals surface area contributed by atoms with Crippen molar-refractivity contribution in [2.75, 3.05) is 19.6 Å². The molecule has 1 aromatic carbocycles. The first-order valence-electron chi connectivity index (χ1n) is 7.48. The monoisotopic (exact) mass is 301 g/mol. The van der Waals surface area contributed by atoms with Crippen molar-refractivity contribution in [1.29, 1.82) is 0 Å². The molecule has 2 fully saturated rings. The van der Waals surface area contributed by atoms with Crippen molar-refractivity contribution in [2.24, 2.45) is 5.92 Å². The van der Waals surface area contributed by atoms with E-state index in [0.717, 1.165) is 35.3 Å². The van der Waals surface area contributed by atoms with E-state index in [0.29, 0.717) is 5.92 Å². The smallest absolute Gasteiger partial charge is 0.128 e. The predicted octanol–water partition coefficient (Wildman–Crippen LogP) is 1.94. The molecular formula is C16H19N3OS. The average Bonchev–Trinajstić information content (AvgIpc) is 3.06. The fraction of sp³-hybridized carbons (Fsp3) is 0.438. The van der Waals surface area contributed by atoms with Crippen LogP contribution in [0.1, 0.15) is 13.3 Å². The van der Waals surface area contributed by atoms with E-state index in [1.807, 2.05) is 30.5 Å². The maximum absolute atomic E-state index is 13.0. The Balaban J connectivity index is 1.63. The molecule has 2 aliphatic rings. The molecule has 0 amide bonds. The summed E-state index contributed by atoms with van der Waals surface area (Å²) in [5.74, 6) is 0.665. The van der Waals surface area contributed by atoms with Gasteiger partial charge in [-0.3, -0.25) is 4.98 Å².